The van der Waals surface area contributed by atoms with Crippen LogP contribution in [-0.4, -0.2) is 50.9 Å². The molecule has 10 heteroatoms. The third kappa shape index (κ3) is 2.94. The molecule has 140 valence electrons. The molecule has 0 aromatic carbocycles. The van der Waals surface area contributed by atoms with Gasteiger partial charge in [0, 0.05) is 31.0 Å². The summed E-state index contributed by atoms with van der Waals surface area (Å²) >= 11 is 1.57. The van der Waals surface area contributed by atoms with Crippen LogP contribution in [0.3, 0.4) is 0 Å². The number of halogens is 1. The monoisotopic (exact) mass is 387 g/mol. The molecule has 1 fully saturated rings. The van der Waals surface area contributed by atoms with E-state index >= 15 is 0 Å². The Bertz CT molecular complexity index is 951. The highest BCUT2D eigenvalue weighted by atomic mass is 32.1. The van der Waals surface area contributed by atoms with Crippen molar-refractivity contribution in [1.82, 2.24) is 25.1 Å². The van der Waals surface area contributed by atoms with Crippen molar-refractivity contribution in [3.8, 4) is 11.3 Å². The van der Waals surface area contributed by atoms with Gasteiger partial charge in [0.15, 0.2) is 10.9 Å². The molecule has 5 rings (SSSR count). The molecular formula is C17H18FN7OS. The van der Waals surface area contributed by atoms with Crippen LogP contribution in [0.25, 0.3) is 11.3 Å². The second kappa shape index (κ2) is 6.54. The van der Waals surface area contributed by atoms with Crippen molar-refractivity contribution in [3.63, 3.8) is 0 Å². The topological polar surface area (TPSA) is 91.8 Å². The number of rotatable bonds is 4. The maximum absolute atomic E-state index is 13.0. The summed E-state index contributed by atoms with van der Waals surface area (Å²) in [5, 5.41) is 11.2. The first kappa shape index (κ1) is 16.6. The fourth-order valence-corrected chi connectivity index (χ4v) is 4.57. The molecule has 1 saturated carbocycles. The Kier molecular flexibility index (Phi) is 4.01. The van der Waals surface area contributed by atoms with Gasteiger partial charge in [-0.3, -0.25) is 5.10 Å². The SMILES string of the molecule is COC1CC(N2CCc3sc(Nc4ncc(F)cn4)nc3-c3cn[nH]c32)C1. The number of anilines is 3. The van der Waals surface area contributed by atoms with Gasteiger partial charge >= 0.3 is 0 Å². The number of H-pyrrole nitrogens is 1. The van der Waals surface area contributed by atoms with Gasteiger partial charge in [-0.2, -0.15) is 5.10 Å². The van der Waals surface area contributed by atoms with E-state index in [2.05, 4.69) is 30.4 Å². The normalized spacial score (nSPS) is 21.2. The van der Waals surface area contributed by atoms with Crippen LogP contribution >= 0.6 is 11.3 Å². The fraction of sp³-hybridized carbons (Fsp3) is 0.412. The second-order valence-electron chi connectivity index (χ2n) is 6.70. The smallest absolute Gasteiger partial charge is 0.229 e. The Balaban J connectivity index is 1.42. The first-order valence-corrected chi connectivity index (χ1v) is 9.60. The molecular weight excluding hydrogens is 369 g/mol. The number of hydrogen-bond acceptors (Lipinski definition) is 8. The molecule has 0 spiro atoms. The maximum Gasteiger partial charge on any atom is 0.229 e. The van der Waals surface area contributed by atoms with Crippen molar-refractivity contribution < 1.29 is 9.13 Å². The lowest BCUT2D eigenvalue weighted by molar-refractivity contribution is 0.0253. The Morgan fingerprint density at radius 3 is 2.89 bits per heavy atom. The van der Waals surface area contributed by atoms with Crippen molar-refractivity contribution in [2.24, 2.45) is 0 Å². The van der Waals surface area contributed by atoms with Crippen molar-refractivity contribution in [3.05, 3.63) is 29.3 Å². The van der Waals surface area contributed by atoms with E-state index in [1.165, 1.54) is 4.88 Å². The van der Waals surface area contributed by atoms with E-state index in [1.807, 2.05) is 6.20 Å². The third-order valence-corrected chi connectivity index (χ3v) is 6.15. The van der Waals surface area contributed by atoms with E-state index in [0.29, 0.717) is 23.2 Å². The summed E-state index contributed by atoms with van der Waals surface area (Å²) in [7, 11) is 1.77. The summed E-state index contributed by atoms with van der Waals surface area (Å²) < 4.78 is 18.4. The minimum Gasteiger partial charge on any atom is -0.381 e. The van der Waals surface area contributed by atoms with E-state index < -0.39 is 5.82 Å². The number of aromatic nitrogens is 5. The number of ether oxygens (including phenoxy) is 1. The van der Waals surface area contributed by atoms with E-state index in [0.717, 1.165) is 55.3 Å². The molecule has 3 aromatic heterocycles. The van der Waals surface area contributed by atoms with Gasteiger partial charge in [-0.25, -0.2) is 19.3 Å². The Morgan fingerprint density at radius 2 is 2.11 bits per heavy atom. The van der Waals surface area contributed by atoms with E-state index in [-0.39, 0.29) is 0 Å². The first-order chi connectivity index (χ1) is 13.2. The van der Waals surface area contributed by atoms with Gasteiger partial charge in [-0.05, 0) is 12.8 Å². The Hall–Kier alpha value is -2.59. The number of nitrogens with one attached hydrogen (secondary N) is 2. The van der Waals surface area contributed by atoms with E-state index in [9.17, 15) is 4.39 Å². The summed E-state index contributed by atoms with van der Waals surface area (Å²) in [6.07, 6.45) is 7.41. The Morgan fingerprint density at radius 1 is 1.30 bits per heavy atom. The number of aromatic amines is 1. The first-order valence-electron chi connectivity index (χ1n) is 8.78. The van der Waals surface area contributed by atoms with Crippen molar-refractivity contribution in [1.29, 1.82) is 0 Å². The van der Waals surface area contributed by atoms with Gasteiger partial charge in [0.25, 0.3) is 0 Å². The highest BCUT2D eigenvalue weighted by molar-refractivity contribution is 7.16. The van der Waals surface area contributed by atoms with Gasteiger partial charge in [0.05, 0.1) is 36.0 Å². The van der Waals surface area contributed by atoms with Crippen LogP contribution in [-0.2, 0) is 11.2 Å². The molecule has 0 amide bonds. The van der Waals surface area contributed by atoms with Gasteiger partial charge < -0.3 is 15.0 Å². The Labute approximate surface area is 158 Å². The highest BCUT2D eigenvalue weighted by Crippen LogP contribution is 2.42. The van der Waals surface area contributed by atoms with Gasteiger partial charge in [0.2, 0.25) is 5.95 Å². The number of methoxy groups -OCH3 is 1. The average Bonchev–Trinajstić information content (AvgIpc) is 3.23. The van der Waals surface area contributed by atoms with Crippen molar-refractivity contribution >= 4 is 28.2 Å². The van der Waals surface area contributed by atoms with Crippen LogP contribution < -0.4 is 10.2 Å². The van der Waals surface area contributed by atoms with Crippen LogP contribution in [0.2, 0.25) is 0 Å². The summed E-state index contributed by atoms with van der Waals surface area (Å²) in [6, 6.07) is 0.466. The molecule has 0 atom stereocenters. The van der Waals surface area contributed by atoms with Crippen molar-refractivity contribution in [2.45, 2.75) is 31.4 Å². The molecule has 1 aliphatic heterocycles. The lowest BCUT2D eigenvalue weighted by atomic mass is 9.87. The zero-order valence-electron chi connectivity index (χ0n) is 14.6. The minimum absolute atomic E-state index is 0.328. The average molecular weight is 387 g/mol. The van der Waals surface area contributed by atoms with E-state index in [4.69, 9.17) is 9.72 Å². The third-order valence-electron chi connectivity index (χ3n) is 5.12. The van der Waals surface area contributed by atoms with E-state index in [1.54, 1.807) is 18.4 Å². The molecule has 1 aliphatic carbocycles. The number of hydrogen-bond donors (Lipinski definition) is 2. The predicted octanol–water partition coefficient (Wildman–Crippen LogP) is 2.75. The summed E-state index contributed by atoms with van der Waals surface area (Å²) in [5.74, 6) is 0.878. The van der Waals surface area contributed by atoms with Gasteiger partial charge in [-0.1, -0.05) is 0 Å². The lowest BCUT2D eigenvalue weighted by Crippen LogP contribution is -2.48. The van der Waals surface area contributed by atoms with Crippen LogP contribution in [0.5, 0.6) is 0 Å². The minimum atomic E-state index is -0.467. The number of thiazole rings is 1. The van der Waals surface area contributed by atoms with Crippen LogP contribution in [0.4, 0.5) is 21.3 Å². The van der Waals surface area contributed by atoms with Gasteiger partial charge in [-0.15, -0.1) is 11.3 Å². The molecule has 0 unspecified atom stereocenters. The number of fused-ring (bicyclic) bond motifs is 3. The van der Waals surface area contributed by atoms with Crippen molar-refractivity contribution in [2.75, 3.05) is 23.9 Å². The standard InChI is InChI=1S/C17H18FN7OS/c1-26-11-4-10(5-11)25-3-2-13-14(12-8-21-24-15(12)25)22-17(27-13)23-16-19-6-9(18)7-20-16/h6-8,10-11H,2-5H2,1H3,(H,21,24)(H,19,20,22,23). The van der Waals surface area contributed by atoms with Crippen LogP contribution in [0, 0.1) is 5.82 Å². The molecule has 4 heterocycles. The molecule has 0 bridgehead atoms. The number of nitrogens with zero attached hydrogens (tertiary/aromatic N) is 5. The zero-order chi connectivity index (χ0) is 18.4. The maximum atomic E-state index is 13.0. The van der Waals surface area contributed by atoms with Gasteiger partial charge in [0.1, 0.15) is 5.82 Å². The highest BCUT2D eigenvalue weighted by Gasteiger charge is 2.37. The predicted molar refractivity (Wildman–Crippen MR) is 99.8 cm³/mol. The summed E-state index contributed by atoms with van der Waals surface area (Å²) in [4.78, 5) is 16.2. The molecule has 2 N–H and O–H groups in total. The molecule has 2 aliphatic rings. The second-order valence-corrected chi connectivity index (χ2v) is 7.78. The van der Waals surface area contributed by atoms with Crippen LogP contribution in [0.1, 0.15) is 17.7 Å². The molecule has 0 saturated heterocycles. The molecule has 0 radical (unpaired) electrons. The summed E-state index contributed by atoms with van der Waals surface area (Å²) in [5.41, 5.74) is 1.94. The lowest BCUT2D eigenvalue weighted by Gasteiger charge is -2.42. The molecule has 27 heavy (non-hydrogen) atoms. The fourth-order valence-electron chi connectivity index (χ4n) is 3.61. The zero-order valence-corrected chi connectivity index (χ0v) is 15.5. The molecule has 3 aromatic rings. The summed E-state index contributed by atoms with van der Waals surface area (Å²) in [6.45, 7) is 0.901. The van der Waals surface area contributed by atoms with Crippen LogP contribution in [0.15, 0.2) is 18.6 Å². The molecule has 8 nitrogen and oxygen atoms in total. The quantitative estimate of drug-likeness (QED) is 0.711. The largest absolute Gasteiger partial charge is 0.381 e.